The first-order valence-corrected chi connectivity index (χ1v) is 7.64. The summed E-state index contributed by atoms with van der Waals surface area (Å²) in [4.78, 5) is 12.0. The SMILES string of the molecule is O=C(CCC1CCCC1)NC1(CCl)CCCC1. The number of hydrogen-bond donors (Lipinski definition) is 1. The molecular weight excluding hydrogens is 234 g/mol. The lowest BCUT2D eigenvalue weighted by atomic mass is 9.98. The fourth-order valence-electron chi connectivity index (χ4n) is 3.34. The third kappa shape index (κ3) is 3.61. The van der Waals surface area contributed by atoms with Gasteiger partial charge in [0.05, 0.1) is 5.54 Å². The van der Waals surface area contributed by atoms with Gasteiger partial charge in [-0.3, -0.25) is 4.79 Å². The van der Waals surface area contributed by atoms with Crippen molar-refractivity contribution in [2.45, 2.75) is 69.7 Å². The summed E-state index contributed by atoms with van der Waals surface area (Å²) in [6, 6.07) is 0. The molecule has 0 aliphatic heterocycles. The average molecular weight is 258 g/mol. The molecule has 2 rings (SSSR count). The van der Waals surface area contributed by atoms with Gasteiger partial charge in [0.2, 0.25) is 5.91 Å². The zero-order valence-corrected chi connectivity index (χ0v) is 11.4. The Bertz CT molecular complexity index is 255. The van der Waals surface area contributed by atoms with E-state index in [1.54, 1.807) is 0 Å². The first kappa shape index (κ1) is 13.2. The van der Waals surface area contributed by atoms with Crippen LogP contribution in [0, 0.1) is 5.92 Å². The van der Waals surface area contributed by atoms with E-state index >= 15 is 0 Å². The van der Waals surface area contributed by atoms with Crippen molar-refractivity contribution in [3.63, 3.8) is 0 Å². The second-order valence-electron chi connectivity index (χ2n) is 5.86. The van der Waals surface area contributed by atoms with Crippen LogP contribution < -0.4 is 5.32 Å². The summed E-state index contributed by atoms with van der Waals surface area (Å²) in [6.45, 7) is 0. The van der Waals surface area contributed by atoms with Crippen molar-refractivity contribution < 1.29 is 4.79 Å². The number of nitrogens with one attached hydrogen (secondary N) is 1. The molecule has 1 N–H and O–H groups in total. The van der Waals surface area contributed by atoms with Gasteiger partial charge in [0.15, 0.2) is 0 Å². The molecule has 0 saturated heterocycles. The van der Waals surface area contributed by atoms with Gasteiger partial charge in [-0.25, -0.2) is 0 Å². The van der Waals surface area contributed by atoms with Gasteiger partial charge in [-0.05, 0) is 25.2 Å². The van der Waals surface area contributed by atoms with Crippen molar-refractivity contribution >= 4 is 17.5 Å². The highest BCUT2D eigenvalue weighted by molar-refractivity contribution is 6.18. The Balaban J connectivity index is 1.72. The molecule has 2 saturated carbocycles. The largest absolute Gasteiger partial charge is 0.349 e. The molecule has 0 heterocycles. The van der Waals surface area contributed by atoms with E-state index in [1.807, 2.05) is 0 Å². The van der Waals surface area contributed by atoms with Crippen molar-refractivity contribution in [2.24, 2.45) is 5.92 Å². The maximum atomic E-state index is 12.0. The highest BCUT2D eigenvalue weighted by Gasteiger charge is 2.34. The molecule has 0 atom stereocenters. The maximum absolute atomic E-state index is 12.0. The molecule has 0 aromatic carbocycles. The Morgan fingerprint density at radius 3 is 2.41 bits per heavy atom. The fraction of sp³-hybridized carbons (Fsp3) is 0.929. The van der Waals surface area contributed by atoms with Gasteiger partial charge in [0, 0.05) is 12.3 Å². The quantitative estimate of drug-likeness (QED) is 0.749. The van der Waals surface area contributed by atoms with Gasteiger partial charge in [0.25, 0.3) is 0 Å². The minimum absolute atomic E-state index is 0.0751. The van der Waals surface area contributed by atoms with E-state index in [0.717, 1.165) is 25.2 Å². The summed E-state index contributed by atoms with van der Waals surface area (Å²) in [6.07, 6.45) is 11.7. The smallest absolute Gasteiger partial charge is 0.220 e. The summed E-state index contributed by atoms with van der Waals surface area (Å²) in [5.41, 5.74) is -0.0751. The summed E-state index contributed by atoms with van der Waals surface area (Å²) in [5, 5.41) is 3.20. The van der Waals surface area contributed by atoms with Crippen molar-refractivity contribution in [3.05, 3.63) is 0 Å². The first-order valence-electron chi connectivity index (χ1n) is 7.11. The van der Waals surface area contributed by atoms with Crippen molar-refractivity contribution in [2.75, 3.05) is 5.88 Å². The Labute approximate surface area is 109 Å². The van der Waals surface area contributed by atoms with Crippen LogP contribution in [0.2, 0.25) is 0 Å². The Kier molecular flexibility index (Phi) is 4.72. The molecule has 2 aliphatic carbocycles. The van der Waals surface area contributed by atoms with Gasteiger partial charge >= 0.3 is 0 Å². The number of carbonyl (C=O) groups excluding carboxylic acids is 1. The van der Waals surface area contributed by atoms with Gasteiger partial charge in [-0.15, -0.1) is 11.6 Å². The topological polar surface area (TPSA) is 29.1 Å². The van der Waals surface area contributed by atoms with Crippen LogP contribution in [0.5, 0.6) is 0 Å². The van der Waals surface area contributed by atoms with Crippen LogP contribution in [0.4, 0.5) is 0 Å². The molecule has 0 spiro atoms. The van der Waals surface area contributed by atoms with Crippen LogP contribution >= 0.6 is 11.6 Å². The van der Waals surface area contributed by atoms with Crippen LogP contribution in [0.25, 0.3) is 0 Å². The van der Waals surface area contributed by atoms with Crippen LogP contribution in [0.3, 0.4) is 0 Å². The van der Waals surface area contributed by atoms with Crippen molar-refractivity contribution in [1.82, 2.24) is 5.32 Å². The minimum atomic E-state index is -0.0751. The number of alkyl halides is 1. The number of halogens is 1. The van der Waals surface area contributed by atoms with Crippen LogP contribution in [0.1, 0.15) is 64.2 Å². The highest BCUT2D eigenvalue weighted by Crippen LogP contribution is 2.32. The van der Waals surface area contributed by atoms with E-state index < -0.39 is 0 Å². The van der Waals surface area contributed by atoms with E-state index in [9.17, 15) is 4.79 Å². The van der Waals surface area contributed by atoms with E-state index in [0.29, 0.717) is 12.3 Å². The van der Waals surface area contributed by atoms with Crippen LogP contribution in [-0.4, -0.2) is 17.3 Å². The highest BCUT2D eigenvalue weighted by atomic mass is 35.5. The predicted octanol–water partition coefficient (Wildman–Crippen LogP) is 3.62. The lowest BCUT2D eigenvalue weighted by Crippen LogP contribution is -2.47. The molecular formula is C14H24ClNO. The van der Waals surface area contributed by atoms with Gasteiger partial charge < -0.3 is 5.32 Å². The van der Waals surface area contributed by atoms with Crippen LogP contribution in [0.15, 0.2) is 0 Å². The summed E-state index contributed by atoms with van der Waals surface area (Å²) >= 11 is 6.02. The van der Waals surface area contributed by atoms with E-state index in [4.69, 9.17) is 11.6 Å². The number of rotatable bonds is 5. The molecule has 2 nitrogen and oxygen atoms in total. The third-order valence-corrected chi connectivity index (χ3v) is 4.99. The van der Waals surface area contributed by atoms with E-state index in [2.05, 4.69) is 5.32 Å². The van der Waals surface area contributed by atoms with E-state index in [1.165, 1.54) is 38.5 Å². The Morgan fingerprint density at radius 2 is 1.82 bits per heavy atom. The molecule has 17 heavy (non-hydrogen) atoms. The van der Waals surface area contributed by atoms with Gasteiger partial charge in [-0.1, -0.05) is 38.5 Å². The number of amides is 1. The second kappa shape index (κ2) is 6.08. The van der Waals surface area contributed by atoms with Crippen molar-refractivity contribution in [1.29, 1.82) is 0 Å². The molecule has 3 heteroatoms. The third-order valence-electron chi connectivity index (χ3n) is 4.48. The fourth-order valence-corrected chi connectivity index (χ4v) is 3.67. The molecule has 0 aromatic heterocycles. The lowest BCUT2D eigenvalue weighted by Gasteiger charge is -2.28. The molecule has 1 amide bonds. The Hall–Kier alpha value is -0.240. The summed E-state index contributed by atoms with van der Waals surface area (Å²) in [5.74, 6) is 1.60. The predicted molar refractivity (Wildman–Crippen MR) is 71.3 cm³/mol. The second-order valence-corrected chi connectivity index (χ2v) is 6.13. The first-order chi connectivity index (χ1) is 8.24. The van der Waals surface area contributed by atoms with Crippen molar-refractivity contribution in [3.8, 4) is 0 Å². The molecule has 98 valence electrons. The van der Waals surface area contributed by atoms with Crippen LogP contribution in [-0.2, 0) is 4.79 Å². The van der Waals surface area contributed by atoms with Gasteiger partial charge in [0.1, 0.15) is 0 Å². The summed E-state index contributed by atoms with van der Waals surface area (Å²) in [7, 11) is 0. The molecule has 0 aromatic rings. The Morgan fingerprint density at radius 1 is 1.18 bits per heavy atom. The molecule has 2 fully saturated rings. The number of carbonyl (C=O) groups is 1. The van der Waals surface area contributed by atoms with E-state index in [-0.39, 0.29) is 11.4 Å². The lowest BCUT2D eigenvalue weighted by molar-refractivity contribution is -0.123. The minimum Gasteiger partial charge on any atom is -0.349 e. The molecule has 0 bridgehead atoms. The zero-order chi connectivity index (χ0) is 12.1. The molecule has 0 unspecified atom stereocenters. The summed E-state index contributed by atoms with van der Waals surface area (Å²) < 4.78 is 0. The molecule has 0 radical (unpaired) electrons. The average Bonchev–Trinajstić information content (AvgIpc) is 2.98. The number of hydrogen-bond acceptors (Lipinski definition) is 1. The standard InChI is InChI=1S/C14H24ClNO/c15-11-14(9-3-4-10-14)16-13(17)8-7-12-5-1-2-6-12/h12H,1-11H2,(H,16,17). The zero-order valence-electron chi connectivity index (χ0n) is 10.6. The maximum Gasteiger partial charge on any atom is 0.220 e. The monoisotopic (exact) mass is 257 g/mol. The molecule has 2 aliphatic rings. The normalized spacial score (nSPS) is 24.1. The van der Waals surface area contributed by atoms with Gasteiger partial charge in [-0.2, -0.15) is 0 Å².